The highest BCUT2D eigenvalue weighted by molar-refractivity contribution is 6.32. The molecule has 1 amide bonds. The molecule has 0 aromatic heterocycles. The molecule has 0 radical (unpaired) electrons. The SMILES string of the molecule is NC(=O)c1cccc(COc2ccc(F)cc2Cl)c1. The first-order valence-corrected chi connectivity index (χ1v) is 5.90. The van der Waals surface area contributed by atoms with E-state index in [1.807, 2.05) is 0 Å². The van der Waals surface area contributed by atoms with E-state index in [-0.39, 0.29) is 11.6 Å². The number of ether oxygens (including phenoxy) is 1. The van der Waals surface area contributed by atoms with Gasteiger partial charge < -0.3 is 10.5 Å². The summed E-state index contributed by atoms with van der Waals surface area (Å²) in [6.45, 7) is 0.215. The number of primary amides is 1. The van der Waals surface area contributed by atoms with Crippen LogP contribution in [-0.4, -0.2) is 5.91 Å². The van der Waals surface area contributed by atoms with Crippen LogP contribution in [0.5, 0.6) is 5.75 Å². The minimum Gasteiger partial charge on any atom is -0.487 e. The smallest absolute Gasteiger partial charge is 0.248 e. The van der Waals surface area contributed by atoms with E-state index >= 15 is 0 Å². The van der Waals surface area contributed by atoms with Crippen LogP contribution in [-0.2, 0) is 6.61 Å². The van der Waals surface area contributed by atoms with Gasteiger partial charge in [-0.05, 0) is 35.9 Å². The summed E-state index contributed by atoms with van der Waals surface area (Å²) in [5.74, 6) is -0.540. The predicted molar refractivity (Wildman–Crippen MR) is 70.7 cm³/mol. The fraction of sp³-hybridized carbons (Fsp3) is 0.0714. The van der Waals surface area contributed by atoms with Crippen molar-refractivity contribution in [3.8, 4) is 5.75 Å². The molecule has 2 aromatic carbocycles. The molecule has 2 aromatic rings. The summed E-state index contributed by atoms with van der Waals surface area (Å²) in [5.41, 5.74) is 6.37. The number of carbonyl (C=O) groups is 1. The number of hydrogen-bond acceptors (Lipinski definition) is 2. The average molecular weight is 280 g/mol. The Morgan fingerprint density at radius 3 is 2.74 bits per heavy atom. The van der Waals surface area contributed by atoms with Crippen LogP contribution in [0.1, 0.15) is 15.9 Å². The van der Waals surface area contributed by atoms with Crippen LogP contribution >= 0.6 is 11.6 Å². The second-order valence-corrected chi connectivity index (χ2v) is 4.34. The van der Waals surface area contributed by atoms with Gasteiger partial charge in [0.1, 0.15) is 18.2 Å². The molecule has 98 valence electrons. The molecular formula is C14H11ClFNO2. The van der Waals surface area contributed by atoms with Crippen LogP contribution in [0.25, 0.3) is 0 Å². The Kier molecular flexibility index (Phi) is 4.02. The van der Waals surface area contributed by atoms with E-state index in [9.17, 15) is 9.18 Å². The second kappa shape index (κ2) is 5.71. The van der Waals surface area contributed by atoms with Crippen LogP contribution < -0.4 is 10.5 Å². The van der Waals surface area contributed by atoms with Crippen molar-refractivity contribution < 1.29 is 13.9 Å². The highest BCUT2D eigenvalue weighted by atomic mass is 35.5. The molecule has 0 aliphatic heterocycles. The van der Waals surface area contributed by atoms with Gasteiger partial charge in [0, 0.05) is 5.56 Å². The van der Waals surface area contributed by atoms with Gasteiger partial charge in [0.05, 0.1) is 5.02 Å². The van der Waals surface area contributed by atoms with Gasteiger partial charge in [-0.25, -0.2) is 4.39 Å². The van der Waals surface area contributed by atoms with Crippen molar-refractivity contribution in [3.63, 3.8) is 0 Å². The predicted octanol–water partition coefficient (Wildman–Crippen LogP) is 3.16. The average Bonchev–Trinajstić information content (AvgIpc) is 2.38. The molecule has 0 atom stereocenters. The summed E-state index contributed by atoms with van der Waals surface area (Å²) in [6, 6.07) is 10.7. The molecule has 0 saturated carbocycles. The molecule has 0 heterocycles. The van der Waals surface area contributed by atoms with E-state index in [2.05, 4.69) is 0 Å². The summed E-state index contributed by atoms with van der Waals surface area (Å²) >= 11 is 5.84. The van der Waals surface area contributed by atoms with Crippen LogP contribution in [0.4, 0.5) is 4.39 Å². The molecule has 3 nitrogen and oxygen atoms in total. The molecule has 0 aliphatic rings. The molecule has 2 rings (SSSR count). The lowest BCUT2D eigenvalue weighted by Crippen LogP contribution is -2.11. The van der Waals surface area contributed by atoms with Crippen LogP contribution in [0.15, 0.2) is 42.5 Å². The third kappa shape index (κ3) is 3.45. The zero-order valence-corrected chi connectivity index (χ0v) is 10.7. The summed E-state index contributed by atoms with van der Waals surface area (Å²) in [4.78, 5) is 11.0. The lowest BCUT2D eigenvalue weighted by molar-refractivity contribution is 0.1000. The third-order valence-corrected chi connectivity index (χ3v) is 2.80. The molecule has 0 unspecified atom stereocenters. The fourth-order valence-corrected chi connectivity index (χ4v) is 1.79. The third-order valence-electron chi connectivity index (χ3n) is 2.50. The Morgan fingerprint density at radius 1 is 1.26 bits per heavy atom. The molecule has 0 spiro atoms. The topological polar surface area (TPSA) is 52.3 Å². The first-order valence-electron chi connectivity index (χ1n) is 5.53. The number of amides is 1. The van der Waals surface area contributed by atoms with Crippen LogP contribution in [0.3, 0.4) is 0 Å². The van der Waals surface area contributed by atoms with E-state index in [1.54, 1.807) is 24.3 Å². The minimum absolute atomic E-state index is 0.200. The summed E-state index contributed by atoms with van der Waals surface area (Å²) in [7, 11) is 0. The maximum Gasteiger partial charge on any atom is 0.248 e. The first-order chi connectivity index (χ1) is 9.06. The van der Waals surface area contributed by atoms with Gasteiger partial charge >= 0.3 is 0 Å². The fourth-order valence-electron chi connectivity index (χ4n) is 1.57. The minimum atomic E-state index is -0.498. The molecule has 0 bridgehead atoms. The Bertz CT molecular complexity index is 616. The lowest BCUT2D eigenvalue weighted by Gasteiger charge is -2.08. The van der Waals surface area contributed by atoms with Crippen molar-refractivity contribution >= 4 is 17.5 Å². The quantitative estimate of drug-likeness (QED) is 0.935. The molecule has 0 fully saturated rings. The zero-order chi connectivity index (χ0) is 13.8. The van der Waals surface area contributed by atoms with Crippen LogP contribution in [0.2, 0.25) is 5.02 Å². The van der Waals surface area contributed by atoms with E-state index < -0.39 is 11.7 Å². The Morgan fingerprint density at radius 2 is 2.05 bits per heavy atom. The number of hydrogen-bond donors (Lipinski definition) is 1. The summed E-state index contributed by atoms with van der Waals surface area (Å²) < 4.78 is 18.3. The van der Waals surface area contributed by atoms with Gasteiger partial charge in [0.25, 0.3) is 0 Å². The van der Waals surface area contributed by atoms with Crippen molar-refractivity contribution in [1.29, 1.82) is 0 Å². The van der Waals surface area contributed by atoms with Crippen LogP contribution in [0, 0.1) is 5.82 Å². The van der Waals surface area contributed by atoms with E-state index in [1.165, 1.54) is 18.2 Å². The number of carbonyl (C=O) groups excluding carboxylic acids is 1. The van der Waals surface area contributed by atoms with Gasteiger partial charge in [0.15, 0.2) is 0 Å². The van der Waals surface area contributed by atoms with Crippen molar-refractivity contribution in [2.45, 2.75) is 6.61 Å². The number of benzene rings is 2. The first kappa shape index (κ1) is 13.4. The standard InChI is InChI=1S/C14H11ClFNO2/c15-12-7-11(16)4-5-13(12)19-8-9-2-1-3-10(6-9)14(17)18/h1-7H,8H2,(H2,17,18). The van der Waals surface area contributed by atoms with Gasteiger partial charge in [-0.1, -0.05) is 23.7 Å². The highest BCUT2D eigenvalue weighted by Gasteiger charge is 2.05. The monoisotopic (exact) mass is 279 g/mol. The molecule has 0 saturated heterocycles. The van der Waals surface area contributed by atoms with Crippen molar-refractivity contribution in [2.24, 2.45) is 5.73 Å². The lowest BCUT2D eigenvalue weighted by atomic mass is 10.1. The largest absolute Gasteiger partial charge is 0.487 e. The normalized spacial score (nSPS) is 10.2. The van der Waals surface area contributed by atoms with Gasteiger partial charge in [-0.15, -0.1) is 0 Å². The zero-order valence-electron chi connectivity index (χ0n) is 9.90. The number of halogens is 2. The molecule has 2 N–H and O–H groups in total. The van der Waals surface area contributed by atoms with E-state index in [0.29, 0.717) is 11.3 Å². The molecular weight excluding hydrogens is 269 g/mol. The Hall–Kier alpha value is -2.07. The molecule has 19 heavy (non-hydrogen) atoms. The summed E-state index contributed by atoms with van der Waals surface area (Å²) in [5, 5.41) is 0.200. The van der Waals surface area contributed by atoms with Gasteiger partial charge in [0.2, 0.25) is 5.91 Å². The maximum atomic E-state index is 12.9. The molecule has 5 heteroatoms. The number of rotatable bonds is 4. The van der Waals surface area contributed by atoms with Crippen molar-refractivity contribution in [3.05, 3.63) is 64.4 Å². The molecule has 0 aliphatic carbocycles. The van der Waals surface area contributed by atoms with Crippen molar-refractivity contribution in [1.82, 2.24) is 0 Å². The van der Waals surface area contributed by atoms with E-state index in [4.69, 9.17) is 22.1 Å². The van der Waals surface area contributed by atoms with Gasteiger partial charge in [-0.2, -0.15) is 0 Å². The van der Waals surface area contributed by atoms with Crippen molar-refractivity contribution in [2.75, 3.05) is 0 Å². The van der Waals surface area contributed by atoms with Gasteiger partial charge in [-0.3, -0.25) is 4.79 Å². The maximum absolute atomic E-state index is 12.9. The number of nitrogens with two attached hydrogens (primary N) is 1. The Balaban J connectivity index is 2.10. The highest BCUT2D eigenvalue weighted by Crippen LogP contribution is 2.25. The Labute approximate surface area is 114 Å². The second-order valence-electron chi connectivity index (χ2n) is 3.93. The summed E-state index contributed by atoms with van der Waals surface area (Å²) in [6.07, 6.45) is 0. The van der Waals surface area contributed by atoms with E-state index in [0.717, 1.165) is 5.56 Å².